The number of amides is 1. The lowest BCUT2D eigenvalue weighted by Crippen LogP contribution is -2.38. The van der Waals surface area contributed by atoms with Crippen LogP contribution in [-0.2, 0) is 15.8 Å². The van der Waals surface area contributed by atoms with Crippen molar-refractivity contribution in [1.82, 2.24) is 9.88 Å². The molecular weight excluding hydrogens is 430 g/mol. The Morgan fingerprint density at radius 2 is 2.03 bits per heavy atom. The molecule has 2 aromatic rings. The first-order chi connectivity index (χ1) is 15.2. The van der Waals surface area contributed by atoms with E-state index in [9.17, 15) is 13.2 Å². The van der Waals surface area contributed by atoms with Crippen molar-refractivity contribution in [3.05, 3.63) is 53.2 Å². The highest BCUT2D eigenvalue weighted by Crippen LogP contribution is 2.29. The summed E-state index contributed by atoms with van der Waals surface area (Å²) in [6, 6.07) is 10.8. The van der Waals surface area contributed by atoms with E-state index >= 15 is 0 Å². The lowest BCUT2D eigenvalue weighted by atomic mass is 9.98. The van der Waals surface area contributed by atoms with Crippen LogP contribution in [0.4, 0.5) is 5.82 Å². The van der Waals surface area contributed by atoms with E-state index in [0.29, 0.717) is 29.2 Å². The van der Waals surface area contributed by atoms with Crippen LogP contribution >= 0.6 is 0 Å². The van der Waals surface area contributed by atoms with Crippen LogP contribution in [0, 0.1) is 5.92 Å². The molecule has 1 fully saturated rings. The molecule has 0 spiro atoms. The number of nitrogens with two attached hydrogens (primary N) is 1. The molecule has 4 rings (SSSR count). The number of fused-ring (bicyclic) bond motifs is 1. The zero-order valence-corrected chi connectivity index (χ0v) is 19.0. The highest BCUT2D eigenvalue weighted by Gasteiger charge is 2.27. The summed E-state index contributed by atoms with van der Waals surface area (Å²) in [5.41, 5.74) is 7.52. The number of hydrogen-bond donors (Lipinski definition) is 1. The van der Waals surface area contributed by atoms with Crippen LogP contribution in [0.2, 0.25) is 0 Å². The maximum absolute atomic E-state index is 12.3. The Kier molecular flexibility index (Phi) is 6.05. The molecule has 170 valence electrons. The Morgan fingerprint density at radius 3 is 2.81 bits per heavy atom. The number of sulfonamides is 1. The molecule has 1 atom stereocenters. The topological polar surface area (TPSA) is 118 Å². The van der Waals surface area contributed by atoms with Gasteiger partial charge >= 0.3 is 0 Å². The maximum atomic E-state index is 12.3. The third-order valence-electron chi connectivity index (χ3n) is 5.62. The summed E-state index contributed by atoms with van der Waals surface area (Å²) in [6.45, 7) is 2.07. The minimum Gasteiger partial charge on any atom is -0.492 e. The molecule has 1 aromatic carbocycles. The lowest BCUT2D eigenvalue weighted by Gasteiger charge is -2.34. The van der Waals surface area contributed by atoms with Crippen LogP contribution in [0.5, 0.6) is 5.75 Å². The van der Waals surface area contributed by atoms with Crippen molar-refractivity contribution in [2.45, 2.75) is 18.6 Å². The largest absolute Gasteiger partial charge is 0.492 e. The monoisotopic (exact) mass is 457 g/mol. The summed E-state index contributed by atoms with van der Waals surface area (Å²) in [7, 11) is -0.167. The number of aromatic nitrogens is 1. The number of pyridine rings is 1. The van der Waals surface area contributed by atoms with Crippen LogP contribution in [-0.4, -0.2) is 63.8 Å². The molecular formula is C22H27N5O4S. The average molecular weight is 458 g/mol. The molecule has 9 nitrogen and oxygen atoms in total. The van der Waals surface area contributed by atoms with Gasteiger partial charge in [0, 0.05) is 33.1 Å². The van der Waals surface area contributed by atoms with Gasteiger partial charge in [-0.25, -0.2) is 13.4 Å². The zero-order valence-electron chi connectivity index (χ0n) is 18.2. The van der Waals surface area contributed by atoms with E-state index in [4.69, 9.17) is 10.5 Å². The Hall–Kier alpha value is -3.14. The molecule has 1 amide bonds. The number of carbonyl (C=O) groups is 1. The molecule has 3 heterocycles. The van der Waals surface area contributed by atoms with Crippen molar-refractivity contribution >= 4 is 27.6 Å². The van der Waals surface area contributed by atoms with Gasteiger partial charge in [-0.15, -0.1) is 4.40 Å². The number of anilines is 1. The number of carbonyl (C=O) groups excluding carboxylic acids is 1. The fraction of sp³-hybridized carbons (Fsp3) is 0.409. The molecule has 2 aliphatic heterocycles. The van der Waals surface area contributed by atoms with Crippen LogP contribution in [0.25, 0.3) is 0 Å². The third kappa shape index (κ3) is 4.69. The van der Waals surface area contributed by atoms with E-state index in [1.54, 1.807) is 38.4 Å². The van der Waals surface area contributed by atoms with Gasteiger partial charge in [-0.2, -0.15) is 0 Å². The minimum atomic E-state index is -3.58. The molecule has 0 radical (unpaired) electrons. The second-order valence-electron chi connectivity index (χ2n) is 8.34. The number of nitrogens with zero attached hydrogens (tertiary/aromatic N) is 4. The molecule has 0 bridgehead atoms. The number of amidine groups is 1. The summed E-state index contributed by atoms with van der Waals surface area (Å²) in [5.74, 6) is 1.25. The van der Waals surface area contributed by atoms with Gasteiger partial charge in [0.2, 0.25) is 0 Å². The van der Waals surface area contributed by atoms with Gasteiger partial charge in [0.25, 0.3) is 15.9 Å². The van der Waals surface area contributed by atoms with Gasteiger partial charge in [0.15, 0.2) is 0 Å². The minimum absolute atomic E-state index is 0.0290. The summed E-state index contributed by atoms with van der Waals surface area (Å²) in [6.07, 6.45) is 1.98. The molecule has 0 saturated carbocycles. The molecule has 32 heavy (non-hydrogen) atoms. The first-order valence-corrected chi connectivity index (χ1v) is 12.1. The molecule has 2 aliphatic rings. The van der Waals surface area contributed by atoms with E-state index in [-0.39, 0.29) is 23.4 Å². The van der Waals surface area contributed by atoms with Crippen molar-refractivity contribution in [2.24, 2.45) is 16.0 Å². The number of ether oxygens (including phenoxy) is 1. The predicted molar refractivity (Wildman–Crippen MR) is 122 cm³/mol. The quantitative estimate of drug-likeness (QED) is 0.725. The van der Waals surface area contributed by atoms with Gasteiger partial charge in [-0.3, -0.25) is 4.79 Å². The highest BCUT2D eigenvalue weighted by molar-refractivity contribution is 7.89. The summed E-state index contributed by atoms with van der Waals surface area (Å²) in [4.78, 5) is 20.5. The molecule has 10 heteroatoms. The van der Waals surface area contributed by atoms with Gasteiger partial charge in [0.05, 0.1) is 17.9 Å². The molecule has 0 unspecified atom stereocenters. The normalized spacial score (nSPS) is 19.6. The Morgan fingerprint density at radius 1 is 1.25 bits per heavy atom. The van der Waals surface area contributed by atoms with Crippen molar-refractivity contribution in [3.63, 3.8) is 0 Å². The molecule has 2 N–H and O–H groups in total. The first-order valence-electron chi connectivity index (χ1n) is 10.5. The Bertz CT molecular complexity index is 1160. The van der Waals surface area contributed by atoms with Crippen molar-refractivity contribution in [3.8, 4) is 5.75 Å². The molecule has 1 saturated heterocycles. The first kappa shape index (κ1) is 22.1. The molecule has 1 aromatic heterocycles. The summed E-state index contributed by atoms with van der Waals surface area (Å²) in [5, 5.41) is 0. The van der Waals surface area contributed by atoms with Crippen LogP contribution in [0.3, 0.4) is 0 Å². The van der Waals surface area contributed by atoms with E-state index in [0.717, 1.165) is 31.7 Å². The fourth-order valence-electron chi connectivity index (χ4n) is 4.10. The standard InChI is InChI=1S/C22H27N5O4S/c1-26(2)22(28)17-8-4-10-19(24-17)27-11-5-6-15(12-27)13-31-18-9-3-7-16-14-32(29,30)25-21(23)20(16)18/h3-4,7-10,15H,5-6,11-14H2,1-2H3,(H2,23,25)/t15-/m0/s1. The predicted octanol–water partition coefficient (Wildman–Crippen LogP) is 1.63. The Labute approximate surface area is 188 Å². The van der Waals surface area contributed by atoms with E-state index in [1.807, 2.05) is 12.1 Å². The summed E-state index contributed by atoms with van der Waals surface area (Å²) < 4.78 is 33.5. The van der Waals surface area contributed by atoms with Crippen molar-refractivity contribution in [2.75, 3.05) is 38.7 Å². The van der Waals surface area contributed by atoms with E-state index in [2.05, 4.69) is 14.3 Å². The second-order valence-corrected chi connectivity index (χ2v) is 9.97. The maximum Gasteiger partial charge on any atom is 0.272 e. The third-order valence-corrected chi connectivity index (χ3v) is 6.77. The zero-order chi connectivity index (χ0) is 22.9. The lowest BCUT2D eigenvalue weighted by molar-refractivity contribution is 0.0822. The second kappa shape index (κ2) is 8.78. The number of hydrogen-bond acceptors (Lipinski definition) is 7. The van der Waals surface area contributed by atoms with Crippen LogP contribution in [0.15, 0.2) is 40.8 Å². The van der Waals surface area contributed by atoms with Crippen LogP contribution in [0.1, 0.15) is 34.5 Å². The number of rotatable bonds is 5. The molecule has 0 aliphatic carbocycles. The van der Waals surface area contributed by atoms with Crippen molar-refractivity contribution < 1.29 is 17.9 Å². The van der Waals surface area contributed by atoms with Gasteiger partial charge in [0.1, 0.15) is 23.1 Å². The van der Waals surface area contributed by atoms with Gasteiger partial charge < -0.3 is 20.3 Å². The average Bonchev–Trinajstić information content (AvgIpc) is 2.76. The Balaban J connectivity index is 1.46. The SMILES string of the molecule is CN(C)C(=O)c1cccc(N2CCC[C@H](COc3cccc4c3C(N)=NS(=O)(=O)C4)C2)n1. The number of benzene rings is 1. The van der Waals surface area contributed by atoms with Crippen molar-refractivity contribution in [1.29, 1.82) is 0 Å². The van der Waals surface area contributed by atoms with Crippen LogP contribution < -0.4 is 15.4 Å². The van der Waals surface area contributed by atoms with E-state index < -0.39 is 10.0 Å². The summed E-state index contributed by atoms with van der Waals surface area (Å²) >= 11 is 0. The van der Waals surface area contributed by atoms with Gasteiger partial charge in [-0.05, 0) is 36.6 Å². The number of piperidine rings is 1. The van der Waals surface area contributed by atoms with E-state index in [1.165, 1.54) is 4.90 Å². The smallest absolute Gasteiger partial charge is 0.272 e. The van der Waals surface area contributed by atoms with Gasteiger partial charge in [-0.1, -0.05) is 18.2 Å². The fourth-order valence-corrected chi connectivity index (χ4v) is 5.19. The highest BCUT2D eigenvalue weighted by atomic mass is 32.2.